The Morgan fingerprint density at radius 3 is 2.45 bits per heavy atom. The summed E-state index contributed by atoms with van der Waals surface area (Å²) in [5.41, 5.74) is 0.375. The largest absolute Gasteiger partial charge is 0.391 e. The smallest absolute Gasteiger partial charge is 0.333 e. The van der Waals surface area contributed by atoms with Crippen molar-refractivity contribution in [3.63, 3.8) is 0 Å². The number of nitrogens with zero attached hydrogens (tertiary/aromatic N) is 3. The monoisotopic (exact) mass is 284 g/mol. The standard InChI is InChI=1S/C13H24N4O3/c1-5-10(6-2)11(18)8-14-13-12(17(19)20)9(4)15-16(13)7-3/h10-11,14,18H,5-8H2,1-4H3. The van der Waals surface area contributed by atoms with Gasteiger partial charge < -0.3 is 10.4 Å². The number of hydrogen-bond acceptors (Lipinski definition) is 5. The highest BCUT2D eigenvalue weighted by Gasteiger charge is 2.25. The molecule has 0 amide bonds. The van der Waals surface area contributed by atoms with Crippen LogP contribution in [0.1, 0.15) is 39.3 Å². The van der Waals surface area contributed by atoms with Crippen LogP contribution in [-0.2, 0) is 6.54 Å². The minimum Gasteiger partial charge on any atom is -0.391 e. The lowest BCUT2D eigenvalue weighted by molar-refractivity contribution is -0.384. The number of aromatic nitrogens is 2. The van der Waals surface area contributed by atoms with Crippen LogP contribution in [0.5, 0.6) is 0 Å². The highest BCUT2D eigenvalue weighted by Crippen LogP contribution is 2.28. The summed E-state index contributed by atoms with van der Waals surface area (Å²) in [6.45, 7) is 8.38. The number of aliphatic hydroxyl groups is 1. The Morgan fingerprint density at radius 2 is 2.00 bits per heavy atom. The number of nitrogens with one attached hydrogen (secondary N) is 1. The van der Waals surface area contributed by atoms with E-state index in [0.717, 1.165) is 12.8 Å². The first-order valence-corrected chi connectivity index (χ1v) is 7.09. The van der Waals surface area contributed by atoms with E-state index in [1.54, 1.807) is 11.6 Å². The Kier molecular flexibility index (Phi) is 5.94. The van der Waals surface area contributed by atoms with Gasteiger partial charge in [0, 0.05) is 13.1 Å². The molecule has 0 radical (unpaired) electrons. The van der Waals surface area contributed by atoms with Gasteiger partial charge in [-0.1, -0.05) is 26.7 Å². The second-order valence-electron chi connectivity index (χ2n) is 4.88. The lowest BCUT2D eigenvalue weighted by Gasteiger charge is -2.20. The molecule has 1 aromatic rings. The summed E-state index contributed by atoms with van der Waals surface area (Å²) >= 11 is 0. The maximum Gasteiger partial charge on any atom is 0.333 e. The molecule has 0 aliphatic rings. The summed E-state index contributed by atoms with van der Waals surface area (Å²) in [5.74, 6) is 0.570. The maximum absolute atomic E-state index is 11.1. The summed E-state index contributed by atoms with van der Waals surface area (Å²) in [5, 5.41) is 28.4. The Morgan fingerprint density at radius 1 is 1.40 bits per heavy atom. The molecule has 20 heavy (non-hydrogen) atoms. The number of anilines is 1. The van der Waals surface area contributed by atoms with Crippen molar-refractivity contribution in [2.45, 2.75) is 53.2 Å². The summed E-state index contributed by atoms with van der Waals surface area (Å²) in [6.07, 6.45) is 1.24. The molecule has 114 valence electrons. The Labute approximate surface area is 119 Å². The van der Waals surface area contributed by atoms with E-state index >= 15 is 0 Å². The van der Waals surface area contributed by atoms with Crippen molar-refractivity contribution in [2.75, 3.05) is 11.9 Å². The second-order valence-corrected chi connectivity index (χ2v) is 4.88. The van der Waals surface area contributed by atoms with Crippen molar-refractivity contribution in [1.29, 1.82) is 0 Å². The van der Waals surface area contributed by atoms with Crippen LogP contribution >= 0.6 is 0 Å². The number of hydrogen-bond donors (Lipinski definition) is 2. The third-order valence-corrected chi connectivity index (χ3v) is 3.65. The van der Waals surface area contributed by atoms with Crippen LogP contribution in [0.2, 0.25) is 0 Å². The SMILES string of the molecule is CCC(CC)C(O)CNc1c([N+](=O)[O-])c(C)nn1CC. The first-order chi connectivity index (χ1) is 9.46. The van der Waals surface area contributed by atoms with E-state index in [9.17, 15) is 15.2 Å². The van der Waals surface area contributed by atoms with Crippen LogP contribution < -0.4 is 5.32 Å². The Balaban J connectivity index is 2.89. The number of nitro groups is 1. The minimum absolute atomic E-state index is 0.0106. The van der Waals surface area contributed by atoms with E-state index in [1.807, 2.05) is 20.8 Å². The molecular formula is C13H24N4O3. The van der Waals surface area contributed by atoms with Gasteiger partial charge in [-0.15, -0.1) is 0 Å². The molecule has 1 heterocycles. The molecule has 7 heteroatoms. The molecule has 0 aliphatic heterocycles. The summed E-state index contributed by atoms with van der Waals surface area (Å²) in [6, 6.07) is 0. The summed E-state index contributed by atoms with van der Waals surface area (Å²) in [4.78, 5) is 10.7. The highest BCUT2D eigenvalue weighted by atomic mass is 16.6. The van der Waals surface area contributed by atoms with Gasteiger partial charge >= 0.3 is 5.69 Å². The van der Waals surface area contributed by atoms with Gasteiger partial charge in [-0.3, -0.25) is 10.1 Å². The minimum atomic E-state index is -0.523. The first kappa shape index (κ1) is 16.4. The third kappa shape index (κ3) is 3.47. The lowest BCUT2D eigenvalue weighted by atomic mass is 9.96. The molecular weight excluding hydrogens is 260 g/mol. The molecule has 0 aliphatic carbocycles. The average Bonchev–Trinajstić information content (AvgIpc) is 2.73. The van der Waals surface area contributed by atoms with Gasteiger partial charge in [-0.2, -0.15) is 5.10 Å². The van der Waals surface area contributed by atoms with Crippen molar-refractivity contribution >= 4 is 11.5 Å². The molecule has 0 saturated heterocycles. The van der Waals surface area contributed by atoms with Crippen molar-refractivity contribution in [3.05, 3.63) is 15.8 Å². The zero-order valence-corrected chi connectivity index (χ0v) is 12.6. The van der Waals surface area contributed by atoms with Gasteiger partial charge in [-0.25, -0.2) is 4.68 Å². The van der Waals surface area contributed by atoms with Crippen molar-refractivity contribution in [2.24, 2.45) is 5.92 Å². The zero-order valence-electron chi connectivity index (χ0n) is 12.6. The van der Waals surface area contributed by atoms with Gasteiger partial charge in [0.15, 0.2) is 0 Å². The molecule has 0 saturated carbocycles. The Bertz CT molecular complexity index is 455. The topological polar surface area (TPSA) is 93.2 Å². The fourth-order valence-electron chi connectivity index (χ4n) is 2.40. The molecule has 0 fully saturated rings. The predicted molar refractivity (Wildman–Crippen MR) is 77.9 cm³/mol. The second kappa shape index (κ2) is 7.23. The predicted octanol–water partition coefficient (Wildman–Crippen LogP) is 2.33. The lowest BCUT2D eigenvalue weighted by Crippen LogP contribution is -2.28. The molecule has 1 atom stereocenters. The van der Waals surface area contributed by atoms with E-state index in [1.165, 1.54) is 0 Å². The molecule has 1 rings (SSSR count). The fraction of sp³-hybridized carbons (Fsp3) is 0.769. The average molecular weight is 284 g/mol. The number of aryl methyl sites for hydroxylation is 2. The van der Waals surface area contributed by atoms with Gasteiger partial charge in [0.2, 0.25) is 5.82 Å². The van der Waals surface area contributed by atoms with Crippen molar-refractivity contribution in [1.82, 2.24) is 9.78 Å². The van der Waals surface area contributed by atoms with E-state index < -0.39 is 11.0 Å². The van der Waals surface area contributed by atoms with Crippen LogP contribution in [0.4, 0.5) is 11.5 Å². The van der Waals surface area contributed by atoms with E-state index in [2.05, 4.69) is 10.4 Å². The first-order valence-electron chi connectivity index (χ1n) is 7.09. The molecule has 0 bridgehead atoms. The van der Waals surface area contributed by atoms with Crippen LogP contribution in [0.25, 0.3) is 0 Å². The van der Waals surface area contributed by atoms with Crippen LogP contribution in [0.3, 0.4) is 0 Å². The summed E-state index contributed by atoms with van der Waals surface area (Å²) < 4.78 is 1.56. The Hall–Kier alpha value is -1.63. The number of aliphatic hydroxyl groups excluding tert-OH is 1. The van der Waals surface area contributed by atoms with Crippen molar-refractivity contribution in [3.8, 4) is 0 Å². The fourth-order valence-corrected chi connectivity index (χ4v) is 2.40. The quantitative estimate of drug-likeness (QED) is 0.564. The maximum atomic E-state index is 11.1. The molecule has 1 unspecified atom stereocenters. The van der Waals surface area contributed by atoms with Crippen LogP contribution in [0, 0.1) is 23.0 Å². The molecule has 1 aromatic heterocycles. The van der Waals surface area contributed by atoms with E-state index in [0.29, 0.717) is 24.6 Å². The van der Waals surface area contributed by atoms with E-state index in [-0.39, 0.29) is 11.6 Å². The van der Waals surface area contributed by atoms with Crippen LogP contribution in [0.15, 0.2) is 0 Å². The normalized spacial score (nSPS) is 12.7. The highest BCUT2D eigenvalue weighted by molar-refractivity contribution is 5.59. The van der Waals surface area contributed by atoms with Gasteiger partial charge in [0.25, 0.3) is 0 Å². The molecule has 0 aromatic carbocycles. The molecule has 7 nitrogen and oxygen atoms in total. The van der Waals surface area contributed by atoms with Crippen molar-refractivity contribution < 1.29 is 10.0 Å². The van der Waals surface area contributed by atoms with Gasteiger partial charge in [0.1, 0.15) is 5.69 Å². The van der Waals surface area contributed by atoms with Gasteiger partial charge in [0.05, 0.1) is 11.0 Å². The zero-order chi connectivity index (χ0) is 15.3. The number of rotatable bonds is 8. The van der Waals surface area contributed by atoms with E-state index in [4.69, 9.17) is 0 Å². The molecule has 0 spiro atoms. The third-order valence-electron chi connectivity index (χ3n) is 3.65. The van der Waals surface area contributed by atoms with Crippen LogP contribution in [-0.4, -0.2) is 32.5 Å². The summed E-state index contributed by atoms with van der Waals surface area (Å²) in [7, 11) is 0. The van der Waals surface area contributed by atoms with Gasteiger partial charge in [-0.05, 0) is 19.8 Å². The molecule has 2 N–H and O–H groups in total.